The molecule has 27 heavy (non-hydrogen) atoms. The summed E-state index contributed by atoms with van der Waals surface area (Å²) in [5, 5.41) is 10.1. The SMILES string of the molecule is CONC1CN(c2cc(C)c3c(=O)c(C(=O)O)cn(-c4ncns4)c3n2)C1. The Morgan fingerprint density at radius 3 is 2.85 bits per heavy atom. The van der Waals surface area contributed by atoms with Crippen LogP contribution in [0.3, 0.4) is 0 Å². The molecule has 3 aromatic rings. The predicted octanol–water partition coefficient (Wildman–Crippen LogP) is 0.583. The molecule has 0 bridgehead atoms. The molecule has 0 saturated carbocycles. The molecule has 4 heterocycles. The maximum absolute atomic E-state index is 12.7. The summed E-state index contributed by atoms with van der Waals surface area (Å²) in [5.74, 6) is -0.588. The van der Waals surface area contributed by atoms with Crippen molar-refractivity contribution in [2.45, 2.75) is 13.0 Å². The van der Waals surface area contributed by atoms with Gasteiger partial charge in [-0.15, -0.1) is 0 Å². The highest BCUT2D eigenvalue weighted by molar-refractivity contribution is 7.08. The van der Waals surface area contributed by atoms with Crippen LogP contribution in [0.5, 0.6) is 0 Å². The number of pyridine rings is 2. The van der Waals surface area contributed by atoms with Gasteiger partial charge in [0.05, 0.1) is 18.5 Å². The summed E-state index contributed by atoms with van der Waals surface area (Å²) in [7, 11) is 1.57. The van der Waals surface area contributed by atoms with Crippen LogP contribution in [0.15, 0.2) is 23.4 Å². The smallest absolute Gasteiger partial charge is 0.341 e. The highest BCUT2D eigenvalue weighted by Gasteiger charge is 2.29. The van der Waals surface area contributed by atoms with Gasteiger partial charge in [0.1, 0.15) is 17.7 Å². The summed E-state index contributed by atoms with van der Waals surface area (Å²) in [6, 6.07) is 2.00. The van der Waals surface area contributed by atoms with E-state index in [9.17, 15) is 14.7 Å². The molecule has 1 fully saturated rings. The first-order valence-corrected chi connectivity index (χ1v) is 8.87. The van der Waals surface area contributed by atoms with Gasteiger partial charge in [-0.05, 0) is 18.6 Å². The number of hydrogen-bond donors (Lipinski definition) is 2. The zero-order valence-corrected chi connectivity index (χ0v) is 15.4. The van der Waals surface area contributed by atoms with E-state index in [0.717, 1.165) is 11.5 Å². The van der Waals surface area contributed by atoms with Crippen LogP contribution in [-0.2, 0) is 4.84 Å². The zero-order valence-electron chi connectivity index (χ0n) is 14.5. The summed E-state index contributed by atoms with van der Waals surface area (Å²) < 4.78 is 5.48. The van der Waals surface area contributed by atoms with Gasteiger partial charge < -0.3 is 14.8 Å². The van der Waals surface area contributed by atoms with Crippen molar-refractivity contribution >= 4 is 34.4 Å². The predicted molar refractivity (Wildman–Crippen MR) is 98.6 cm³/mol. The van der Waals surface area contributed by atoms with Crippen LogP contribution in [0.25, 0.3) is 16.2 Å². The van der Waals surface area contributed by atoms with E-state index in [-0.39, 0.29) is 17.0 Å². The van der Waals surface area contributed by atoms with Crippen molar-refractivity contribution in [1.82, 2.24) is 24.4 Å². The Hall–Kier alpha value is -2.89. The standard InChI is InChI=1S/C16H16N6O4S/c1-8-3-11(21-4-9(5-21)20-26-2)19-14-12(8)13(23)10(15(24)25)6-22(14)16-17-7-18-27-16/h3,6-7,9,20H,4-5H2,1-2H3,(H,24,25). The Labute approximate surface area is 157 Å². The van der Waals surface area contributed by atoms with Crippen LogP contribution >= 0.6 is 11.5 Å². The van der Waals surface area contributed by atoms with Crippen LogP contribution in [0, 0.1) is 6.92 Å². The molecule has 1 saturated heterocycles. The number of fused-ring (bicyclic) bond motifs is 1. The number of rotatable bonds is 5. The largest absolute Gasteiger partial charge is 0.477 e. The van der Waals surface area contributed by atoms with Crippen molar-refractivity contribution in [3.05, 3.63) is 39.9 Å². The maximum atomic E-state index is 12.7. The number of nitrogens with one attached hydrogen (secondary N) is 1. The number of anilines is 1. The minimum absolute atomic E-state index is 0.201. The van der Waals surface area contributed by atoms with E-state index < -0.39 is 11.4 Å². The number of carboxylic acid groups (broad SMARTS) is 1. The van der Waals surface area contributed by atoms with E-state index >= 15 is 0 Å². The second-order valence-electron chi connectivity index (χ2n) is 6.19. The lowest BCUT2D eigenvalue weighted by molar-refractivity contribution is 0.0517. The Morgan fingerprint density at radius 1 is 1.44 bits per heavy atom. The van der Waals surface area contributed by atoms with Gasteiger partial charge in [-0.3, -0.25) is 9.36 Å². The number of hydroxylamine groups is 1. The van der Waals surface area contributed by atoms with E-state index in [2.05, 4.69) is 19.8 Å². The van der Waals surface area contributed by atoms with E-state index in [1.54, 1.807) is 20.1 Å². The Kier molecular flexibility index (Phi) is 4.34. The molecule has 4 rings (SSSR count). The molecule has 3 aromatic heterocycles. The van der Waals surface area contributed by atoms with Crippen molar-refractivity contribution in [2.24, 2.45) is 0 Å². The maximum Gasteiger partial charge on any atom is 0.341 e. The van der Waals surface area contributed by atoms with Crippen LogP contribution in [0.1, 0.15) is 15.9 Å². The third kappa shape index (κ3) is 2.95. The first kappa shape index (κ1) is 17.5. The monoisotopic (exact) mass is 388 g/mol. The van der Waals surface area contributed by atoms with Gasteiger partial charge in [0.15, 0.2) is 5.65 Å². The highest BCUT2D eigenvalue weighted by Crippen LogP contribution is 2.26. The molecule has 0 aliphatic carbocycles. The quantitative estimate of drug-likeness (QED) is 0.604. The van der Waals surface area contributed by atoms with Gasteiger partial charge in [0, 0.05) is 30.8 Å². The summed E-state index contributed by atoms with van der Waals surface area (Å²) in [5.41, 5.74) is 3.02. The lowest BCUT2D eigenvalue weighted by Crippen LogP contribution is -2.58. The normalized spacial score (nSPS) is 14.5. The van der Waals surface area contributed by atoms with Gasteiger partial charge in [-0.1, -0.05) is 0 Å². The molecule has 1 aliphatic heterocycles. The zero-order chi connectivity index (χ0) is 19.1. The molecule has 0 atom stereocenters. The lowest BCUT2D eigenvalue weighted by Gasteiger charge is -2.40. The number of aromatic carboxylic acids is 1. The number of aryl methyl sites for hydroxylation is 1. The van der Waals surface area contributed by atoms with Crippen molar-refractivity contribution in [3.8, 4) is 5.13 Å². The van der Waals surface area contributed by atoms with E-state index in [1.165, 1.54) is 17.1 Å². The van der Waals surface area contributed by atoms with Crippen molar-refractivity contribution in [2.75, 3.05) is 25.1 Å². The molecular formula is C16H16N6O4S. The average molecular weight is 388 g/mol. The minimum atomic E-state index is -1.29. The fourth-order valence-electron chi connectivity index (χ4n) is 3.12. The average Bonchev–Trinajstić information content (AvgIpc) is 3.11. The Balaban J connectivity index is 1.90. The molecule has 10 nitrogen and oxygen atoms in total. The molecule has 1 aliphatic rings. The third-order valence-electron chi connectivity index (χ3n) is 4.42. The van der Waals surface area contributed by atoms with E-state index in [4.69, 9.17) is 4.84 Å². The van der Waals surface area contributed by atoms with Gasteiger partial charge in [-0.25, -0.2) is 14.8 Å². The molecule has 140 valence electrons. The highest BCUT2D eigenvalue weighted by atomic mass is 32.1. The fourth-order valence-corrected chi connectivity index (χ4v) is 3.63. The second kappa shape index (κ2) is 6.68. The minimum Gasteiger partial charge on any atom is -0.477 e. The number of nitrogens with zero attached hydrogens (tertiary/aromatic N) is 5. The van der Waals surface area contributed by atoms with Crippen molar-refractivity contribution in [3.63, 3.8) is 0 Å². The van der Waals surface area contributed by atoms with Crippen molar-refractivity contribution in [1.29, 1.82) is 0 Å². The summed E-state index contributed by atoms with van der Waals surface area (Å²) in [6.45, 7) is 3.19. The van der Waals surface area contributed by atoms with Crippen LogP contribution < -0.4 is 15.8 Å². The first-order chi connectivity index (χ1) is 13.0. The van der Waals surface area contributed by atoms with Crippen molar-refractivity contribution < 1.29 is 14.7 Å². The van der Waals surface area contributed by atoms with Crippen LogP contribution in [-0.4, -0.2) is 56.2 Å². The summed E-state index contributed by atoms with van der Waals surface area (Å²) in [6.07, 6.45) is 2.63. The van der Waals surface area contributed by atoms with Gasteiger partial charge in [0.2, 0.25) is 10.6 Å². The lowest BCUT2D eigenvalue weighted by atomic mass is 10.1. The molecule has 0 aromatic carbocycles. The van der Waals surface area contributed by atoms with E-state index in [1.807, 2.05) is 4.90 Å². The number of carbonyl (C=O) groups is 1. The Morgan fingerprint density at radius 2 is 2.22 bits per heavy atom. The number of hydrogen-bond acceptors (Lipinski definition) is 9. The van der Waals surface area contributed by atoms with E-state index in [0.29, 0.717) is 35.2 Å². The second-order valence-corrected chi connectivity index (χ2v) is 6.95. The molecule has 11 heteroatoms. The summed E-state index contributed by atoms with van der Waals surface area (Å²) >= 11 is 1.09. The third-order valence-corrected chi connectivity index (χ3v) is 5.08. The number of carboxylic acids is 1. The fraction of sp³-hybridized carbons (Fsp3) is 0.312. The van der Waals surface area contributed by atoms with Gasteiger partial charge in [0.25, 0.3) is 0 Å². The molecule has 0 radical (unpaired) electrons. The molecule has 0 unspecified atom stereocenters. The molecule has 0 spiro atoms. The molecule has 2 N–H and O–H groups in total. The molecular weight excluding hydrogens is 372 g/mol. The Bertz CT molecular complexity index is 1070. The number of aromatic nitrogens is 4. The summed E-state index contributed by atoms with van der Waals surface area (Å²) in [4.78, 5) is 40.0. The van der Waals surface area contributed by atoms with Crippen LogP contribution in [0.4, 0.5) is 5.82 Å². The molecule has 0 amide bonds. The van der Waals surface area contributed by atoms with Gasteiger partial charge >= 0.3 is 5.97 Å². The van der Waals surface area contributed by atoms with Gasteiger partial charge in [-0.2, -0.15) is 9.85 Å². The van der Waals surface area contributed by atoms with Crippen LogP contribution in [0.2, 0.25) is 0 Å². The topological polar surface area (TPSA) is 122 Å². The first-order valence-electron chi connectivity index (χ1n) is 8.10.